The Kier molecular flexibility index (Phi) is 7.16. The van der Waals surface area contributed by atoms with Crippen LogP contribution in [0.25, 0.3) is 0 Å². The third-order valence-electron chi connectivity index (χ3n) is 3.97. The molecule has 0 aliphatic heterocycles. The van der Waals surface area contributed by atoms with Gasteiger partial charge in [-0.15, -0.1) is 0 Å². The molecule has 170 valence electrons. The highest BCUT2D eigenvalue weighted by Crippen LogP contribution is 2.36. The molecule has 2 rings (SSSR count). The molecule has 0 atom stereocenters. The maximum absolute atomic E-state index is 13.0. The standard InChI is InChI=1S/C18H15ClF6N2O3S/c1-31(29,30)27(15-8-13(18(23,24)25)5-6-14(15)19)10-16(28)26-9-11-3-2-4-12(7-11)17(20,21)22/h2-8H,9-10H2,1H3,(H,26,28). The summed E-state index contributed by atoms with van der Waals surface area (Å²) in [4.78, 5) is 12.2. The number of carbonyl (C=O) groups excluding carboxylic acids is 1. The van der Waals surface area contributed by atoms with Gasteiger partial charge in [0.15, 0.2) is 0 Å². The van der Waals surface area contributed by atoms with Crippen LogP contribution in [-0.4, -0.2) is 27.1 Å². The second-order valence-corrected chi connectivity index (χ2v) is 8.72. The van der Waals surface area contributed by atoms with Gasteiger partial charge in [-0.2, -0.15) is 26.3 Å². The zero-order valence-electron chi connectivity index (χ0n) is 15.7. The summed E-state index contributed by atoms with van der Waals surface area (Å²) in [6.45, 7) is -1.30. The highest BCUT2D eigenvalue weighted by Gasteiger charge is 2.33. The first-order valence-electron chi connectivity index (χ1n) is 8.36. The first-order chi connectivity index (χ1) is 14.1. The Balaban J connectivity index is 2.23. The van der Waals surface area contributed by atoms with Crippen LogP contribution < -0.4 is 9.62 Å². The number of amides is 1. The van der Waals surface area contributed by atoms with E-state index in [1.807, 2.05) is 0 Å². The van der Waals surface area contributed by atoms with Crippen molar-refractivity contribution < 1.29 is 39.6 Å². The Hall–Kier alpha value is -2.47. The number of anilines is 1. The fraction of sp³-hybridized carbons (Fsp3) is 0.278. The van der Waals surface area contributed by atoms with Crippen molar-refractivity contribution in [1.29, 1.82) is 0 Å². The van der Waals surface area contributed by atoms with Gasteiger partial charge >= 0.3 is 12.4 Å². The van der Waals surface area contributed by atoms with Gasteiger partial charge < -0.3 is 5.32 Å². The van der Waals surface area contributed by atoms with Crippen LogP contribution in [0, 0.1) is 0 Å². The molecule has 1 N–H and O–H groups in total. The van der Waals surface area contributed by atoms with Crippen molar-refractivity contribution >= 4 is 33.2 Å². The minimum atomic E-state index is -4.78. The molecule has 0 saturated carbocycles. The van der Waals surface area contributed by atoms with Crippen LogP contribution in [0.1, 0.15) is 16.7 Å². The molecule has 13 heteroatoms. The van der Waals surface area contributed by atoms with E-state index in [4.69, 9.17) is 11.6 Å². The lowest BCUT2D eigenvalue weighted by Crippen LogP contribution is -2.40. The predicted octanol–water partition coefficient (Wildman–Crippen LogP) is 4.46. The van der Waals surface area contributed by atoms with E-state index in [1.54, 1.807) is 0 Å². The molecule has 0 bridgehead atoms. The van der Waals surface area contributed by atoms with Crippen LogP contribution >= 0.6 is 11.6 Å². The maximum atomic E-state index is 13.0. The lowest BCUT2D eigenvalue weighted by atomic mass is 10.1. The second-order valence-electron chi connectivity index (χ2n) is 6.41. The first kappa shape index (κ1) is 24.8. The molecule has 0 spiro atoms. The molecule has 0 unspecified atom stereocenters. The van der Waals surface area contributed by atoms with E-state index in [0.29, 0.717) is 22.7 Å². The Morgan fingerprint density at radius 3 is 2.13 bits per heavy atom. The SMILES string of the molecule is CS(=O)(=O)N(CC(=O)NCc1cccc(C(F)(F)F)c1)c1cc(C(F)(F)F)ccc1Cl. The molecule has 0 aliphatic rings. The van der Waals surface area contributed by atoms with Gasteiger partial charge in [-0.3, -0.25) is 9.10 Å². The minimum absolute atomic E-state index is 0.0891. The van der Waals surface area contributed by atoms with E-state index < -0.39 is 51.6 Å². The third kappa shape index (κ3) is 6.76. The van der Waals surface area contributed by atoms with E-state index in [9.17, 15) is 39.6 Å². The number of carbonyl (C=O) groups is 1. The number of nitrogens with one attached hydrogen (secondary N) is 1. The zero-order chi connectivity index (χ0) is 23.6. The van der Waals surface area contributed by atoms with Gasteiger partial charge in [0, 0.05) is 6.54 Å². The summed E-state index contributed by atoms with van der Waals surface area (Å²) in [6, 6.07) is 6.08. The topological polar surface area (TPSA) is 66.5 Å². The molecule has 0 radical (unpaired) electrons. The Morgan fingerprint density at radius 2 is 1.58 bits per heavy atom. The largest absolute Gasteiger partial charge is 0.416 e. The second kappa shape index (κ2) is 8.95. The summed E-state index contributed by atoms with van der Waals surface area (Å²) in [5.41, 5.74) is -2.59. The summed E-state index contributed by atoms with van der Waals surface area (Å²) in [5.74, 6) is -0.962. The average Bonchev–Trinajstić information content (AvgIpc) is 2.63. The van der Waals surface area contributed by atoms with E-state index in [2.05, 4.69) is 5.32 Å². The van der Waals surface area contributed by atoms with Crippen molar-refractivity contribution in [2.75, 3.05) is 17.1 Å². The molecule has 1 amide bonds. The molecule has 31 heavy (non-hydrogen) atoms. The van der Waals surface area contributed by atoms with Crippen LogP contribution in [0.2, 0.25) is 5.02 Å². The van der Waals surface area contributed by atoms with Crippen LogP contribution in [0.3, 0.4) is 0 Å². The van der Waals surface area contributed by atoms with Crippen molar-refractivity contribution in [2.24, 2.45) is 0 Å². The fourth-order valence-corrected chi connectivity index (χ4v) is 3.64. The number of alkyl halides is 6. The van der Waals surface area contributed by atoms with Gasteiger partial charge in [0.05, 0.1) is 28.1 Å². The Morgan fingerprint density at radius 1 is 1.00 bits per heavy atom. The third-order valence-corrected chi connectivity index (χ3v) is 5.42. The molecule has 0 saturated heterocycles. The molecule has 0 aliphatic carbocycles. The molecule has 0 heterocycles. The van der Waals surface area contributed by atoms with Gasteiger partial charge in [-0.05, 0) is 35.9 Å². The number of halogens is 7. The summed E-state index contributed by atoms with van der Waals surface area (Å²) < 4.78 is 102. The average molecular weight is 489 g/mol. The van der Waals surface area contributed by atoms with Gasteiger partial charge in [0.1, 0.15) is 6.54 Å². The van der Waals surface area contributed by atoms with Crippen LogP contribution in [0.15, 0.2) is 42.5 Å². The summed E-state index contributed by atoms with van der Waals surface area (Å²) >= 11 is 5.85. The number of hydrogen-bond donors (Lipinski definition) is 1. The van der Waals surface area contributed by atoms with Crippen LogP contribution in [0.4, 0.5) is 32.0 Å². The van der Waals surface area contributed by atoms with Crippen LogP contribution in [-0.2, 0) is 33.7 Å². The lowest BCUT2D eigenvalue weighted by Gasteiger charge is -2.24. The smallest absolute Gasteiger partial charge is 0.350 e. The number of rotatable bonds is 6. The summed E-state index contributed by atoms with van der Waals surface area (Å²) in [7, 11) is -4.23. The van der Waals surface area contributed by atoms with Crippen molar-refractivity contribution in [3.63, 3.8) is 0 Å². The fourth-order valence-electron chi connectivity index (χ4n) is 2.51. The predicted molar refractivity (Wildman–Crippen MR) is 102 cm³/mol. The minimum Gasteiger partial charge on any atom is -0.350 e. The lowest BCUT2D eigenvalue weighted by molar-refractivity contribution is -0.138. The van der Waals surface area contributed by atoms with E-state index >= 15 is 0 Å². The Labute approximate surface area is 178 Å². The number of hydrogen-bond acceptors (Lipinski definition) is 3. The van der Waals surface area contributed by atoms with Crippen molar-refractivity contribution in [3.05, 3.63) is 64.2 Å². The Bertz CT molecular complexity index is 1070. The summed E-state index contributed by atoms with van der Waals surface area (Å²) in [6.07, 6.45) is -8.70. The van der Waals surface area contributed by atoms with Crippen molar-refractivity contribution in [3.8, 4) is 0 Å². The van der Waals surface area contributed by atoms with E-state index in [-0.39, 0.29) is 17.1 Å². The molecule has 0 fully saturated rings. The van der Waals surface area contributed by atoms with Crippen LogP contribution in [0.5, 0.6) is 0 Å². The van der Waals surface area contributed by atoms with Crippen molar-refractivity contribution in [2.45, 2.75) is 18.9 Å². The molecular weight excluding hydrogens is 474 g/mol. The van der Waals surface area contributed by atoms with Gasteiger partial charge in [0.25, 0.3) is 0 Å². The quantitative estimate of drug-likeness (QED) is 0.611. The normalized spacial score (nSPS) is 12.5. The molecule has 2 aromatic carbocycles. The van der Waals surface area contributed by atoms with Crippen molar-refractivity contribution in [1.82, 2.24) is 5.32 Å². The highest BCUT2D eigenvalue weighted by molar-refractivity contribution is 7.92. The molecule has 5 nitrogen and oxygen atoms in total. The number of sulfonamides is 1. The molecular formula is C18H15ClF6N2O3S. The molecule has 2 aromatic rings. The first-order valence-corrected chi connectivity index (χ1v) is 10.6. The monoisotopic (exact) mass is 488 g/mol. The van der Waals surface area contributed by atoms with Gasteiger partial charge in [-0.1, -0.05) is 23.7 Å². The highest BCUT2D eigenvalue weighted by atomic mass is 35.5. The molecule has 0 aromatic heterocycles. The zero-order valence-corrected chi connectivity index (χ0v) is 17.3. The van der Waals surface area contributed by atoms with E-state index in [0.717, 1.165) is 24.3 Å². The number of nitrogens with zero attached hydrogens (tertiary/aromatic N) is 1. The van der Waals surface area contributed by atoms with E-state index in [1.165, 1.54) is 6.07 Å². The number of benzene rings is 2. The summed E-state index contributed by atoms with van der Waals surface area (Å²) in [5, 5.41) is 1.89. The van der Waals surface area contributed by atoms with Gasteiger partial charge in [0.2, 0.25) is 15.9 Å². The maximum Gasteiger partial charge on any atom is 0.416 e. The van der Waals surface area contributed by atoms with Gasteiger partial charge in [-0.25, -0.2) is 8.42 Å².